The molecule has 6 heteroatoms. The summed E-state index contributed by atoms with van der Waals surface area (Å²) in [6.45, 7) is 11.2. The Bertz CT molecular complexity index is 1200. The third-order valence-corrected chi connectivity index (χ3v) is 10.2. The number of rotatable bonds is 32. The van der Waals surface area contributed by atoms with E-state index in [4.69, 9.17) is 18.9 Å². The van der Waals surface area contributed by atoms with Gasteiger partial charge in [0.1, 0.15) is 0 Å². The summed E-state index contributed by atoms with van der Waals surface area (Å²) < 4.78 is 25.4. The SMILES string of the molecule is CCCCCCCCOc1cc2c(cc1OCCCCCCCC)-c1cc(OCCCCCCCC)c(OCCCCCCCC)cc1C(=O)C2=O. The van der Waals surface area contributed by atoms with Crippen LogP contribution >= 0.6 is 0 Å². The van der Waals surface area contributed by atoms with Gasteiger partial charge in [-0.3, -0.25) is 9.59 Å². The van der Waals surface area contributed by atoms with Crippen molar-refractivity contribution in [3.63, 3.8) is 0 Å². The molecule has 6 nitrogen and oxygen atoms in total. The minimum atomic E-state index is -0.517. The first-order valence-corrected chi connectivity index (χ1v) is 21.5. The van der Waals surface area contributed by atoms with E-state index in [-0.39, 0.29) is 0 Å². The zero-order valence-corrected chi connectivity index (χ0v) is 33.6. The van der Waals surface area contributed by atoms with Gasteiger partial charge in [-0.15, -0.1) is 0 Å². The second-order valence-electron chi connectivity index (χ2n) is 14.8. The molecule has 1 aliphatic rings. The van der Waals surface area contributed by atoms with Gasteiger partial charge in [0.05, 0.1) is 26.4 Å². The first-order valence-electron chi connectivity index (χ1n) is 21.5. The lowest BCUT2D eigenvalue weighted by Crippen LogP contribution is -2.22. The van der Waals surface area contributed by atoms with Crippen molar-refractivity contribution in [2.45, 2.75) is 182 Å². The van der Waals surface area contributed by atoms with Crippen LogP contribution in [0.1, 0.15) is 203 Å². The first kappa shape index (κ1) is 43.4. The largest absolute Gasteiger partial charge is 0.490 e. The van der Waals surface area contributed by atoms with Crippen molar-refractivity contribution < 1.29 is 28.5 Å². The second kappa shape index (κ2) is 26.7. The average Bonchev–Trinajstić information content (AvgIpc) is 3.15. The summed E-state index contributed by atoms with van der Waals surface area (Å²) in [6, 6.07) is 7.32. The average molecular weight is 721 g/mol. The number of benzene rings is 2. The van der Waals surface area contributed by atoms with Crippen LogP contribution in [-0.2, 0) is 0 Å². The van der Waals surface area contributed by atoms with E-state index in [0.29, 0.717) is 71.7 Å². The monoisotopic (exact) mass is 721 g/mol. The van der Waals surface area contributed by atoms with Crippen LogP contribution in [0.3, 0.4) is 0 Å². The van der Waals surface area contributed by atoms with E-state index in [9.17, 15) is 9.59 Å². The number of hydrogen-bond acceptors (Lipinski definition) is 6. The molecule has 0 amide bonds. The highest BCUT2D eigenvalue weighted by Crippen LogP contribution is 2.45. The number of ketones is 2. The van der Waals surface area contributed by atoms with Crippen LogP contribution in [0.4, 0.5) is 0 Å². The maximum atomic E-state index is 13.7. The Morgan fingerprint density at radius 1 is 0.308 bits per heavy atom. The third kappa shape index (κ3) is 15.1. The van der Waals surface area contributed by atoms with Gasteiger partial charge in [0.15, 0.2) is 23.0 Å². The summed E-state index contributed by atoms with van der Waals surface area (Å²) in [5.41, 5.74) is 2.11. The Kier molecular flexibility index (Phi) is 22.3. The normalized spacial score (nSPS) is 12.2. The lowest BCUT2D eigenvalue weighted by atomic mass is 9.83. The first-order chi connectivity index (χ1) is 25.5. The zero-order valence-electron chi connectivity index (χ0n) is 33.6. The van der Waals surface area contributed by atoms with Gasteiger partial charge in [0.2, 0.25) is 11.6 Å². The maximum Gasteiger partial charge on any atom is 0.234 e. The summed E-state index contributed by atoms with van der Waals surface area (Å²) in [6.07, 6.45) is 28.0. The summed E-state index contributed by atoms with van der Waals surface area (Å²) in [4.78, 5) is 27.4. The summed E-state index contributed by atoms with van der Waals surface area (Å²) >= 11 is 0. The molecule has 52 heavy (non-hydrogen) atoms. The smallest absolute Gasteiger partial charge is 0.234 e. The Labute approximate surface area is 317 Å². The lowest BCUT2D eigenvalue weighted by Gasteiger charge is -2.23. The maximum absolute atomic E-state index is 13.7. The highest BCUT2D eigenvalue weighted by atomic mass is 16.5. The summed E-state index contributed by atoms with van der Waals surface area (Å²) in [7, 11) is 0. The third-order valence-electron chi connectivity index (χ3n) is 10.2. The van der Waals surface area contributed by atoms with Crippen molar-refractivity contribution >= 4 is 11.6 Å². The van der Waals surface area contributed by atoms with Crippen molar-refractivity contribution in [3.8, 4) is 34.1 Å². The molecule has 1 aliphatic carbocycles. The number of fused-ring (bicyclic) bond motifs is 3. The molecule has 0 spiro atoms. The van der Waals surface area contributed by atoms with E-state index < -0.39 is 11.6 Å². The van der Waals surface area contributed by atoms with Crippen molar-refractivity contribution in [1.82, 2.24) is 0 Å². The zero-order chi connectivity index (χ0) is 37.2. The van der Waals surface area contributed by atoms with Crippen LogP contribution < -0.4 is 18.9 Å². The van der Waals surface area contributed by atoms with E-state index in [0.717, 1.165) is 51.4 Å². The molecule has 0 saturated carbocycles. The fourth-order valence-electron chi connectivity index (χ4n) is 6.90. The van der Waals surface area contributed by atoms with Crippen molar-refractivity contribution in [2.75, 3.05) is 26.4 Å². The van der Waals surface area contributed by atoms with Crippen LogP contribution in [0, 0.1) is 0 Å². The minimum absolute atomic E-state index is 0.366. The van der Waals surface area contributed by atoms with Gasteiger partial charge in [-0.05, 0) is 61.1 Å². The number of Topliss-reactive ketones (excluding diaryl/α,β-unsaturated/α-hetero) is 2. The van der Waals surface area contributed by atoms with Gasteiger partial charge in [0.25, 0.3) is 0 Å². The van der Waals surface area contributed by atoms with E-state index in [1.54, 1.807) is 12.1 Å². The molecule has 0 saturated heterocycles. The molecular formula is C46H72O6. The molecule has 0 bridgehead atoms. The van der Waals surface area contributed by atoms with E-state index in [1.165, 1.54) is 103 Å². The van der Waals surface area contributed by atoms with Gasteiger partial charge in [0, 0.05) is 11.1 Å². The lowest BCUT2D eigenvalue weighted by molar-refractivity contribution is 0.0814. The van der Waals surface area contributed by atoms with Gasteiger partial charge in [-0.2, -0.15) is 0 Å². The molecular weight excluding hydrogens is 649 g/mol. The quantitative estimate of drug-likeness (QED) is 0.0553. The molecule has 0 atom stereocenters. The topological polar surface area (TPSA) is 71.1 Å². The molecule has 0 unspecified atom stereocenters. The molecule has 0 radical (unpaired) electrons. The van der Waals surface area contributed by atoms with Crippen LogP contribution in [0.2, 0.25) is 0 Å². The second-order valence-corrected chi connectivity index (χ2v) is 14.8. The summed E-state index contributed by atoms with van der Waals surface area (Å²) in [5, 5.41) is 0. The van der Waals surface area contributed by atoms with E-state index in [2.05, 4.69) is 27.7 Å². The molecule has 0 N–H and O–H groups in total. The predicted molar refractivity (Wildman–Crippen MR) is 216 cm³/mol. The van der Waals surface area contributed by atoms with Crippen LogP contribution in [0.15, 0.2) is 24.3 Å². The summed E-state index contributed by atoms with van der Waals surface area (Å²) in [5.74, 6) is 1.31. The highest BCUT2D eigenvalue weighted by Gasteiger charge is 2.34. The Morgan fingerprint density at radius 2 is 0.519 bits per heavy atom. The number of unbranched alkanes of at least 4 members (excludes halogenated alkanes) is 20. The fraction of sp³-hybridized carbons (Fsp3) is 0.696. The molecule has 292 valence electrons. The highest BCUT2D eigenvalue weighted by molar-refractivity contribution is 6.53. The standard InChI is InChI=1S/C46H72O6/c1-5-9-13-17-21-25-29-49-41-33-37-38-34-42(50-30-26-22-18-14-10-6-2)44(52-32-28-24-20-16-12-8-4)36-40(38)46(48)45(47)39(37)35-43(41)51-31-27-23-19-15-11-7-3/h33-36H,5-32H2,1-4H3. The Hall–Kier alpha value is -3.02. The molecule has 0 aromatic heterocycles. The van der Waals surface area contributed by atoms with Crippen molar-refractivity contribution in [2.24, 2.45) is 0 Å². The molecule has 0 fully saturated rings. The number of carbonyl (C=O) groups is 2. The van der Waals surface area contributed by atoms with E-state index in [1.807, 2.05) is 12.1 Å². The van der Waals surface area contributed by atoms with Gasteiger partial charge >= 0.3 is 0 Å². The molecule has 3 rings (SSSR count). The van der Waals surface area contributed by atoms with Crippen LogP contribution in [-0.4, -0.2) is 38.0 Å². The minimum Gasteiger partial charge on any atom is -0.490 e. The van der Waals surface area contributed by atoms with Crippen LogP contribution in [0.5, 0.6) is 23.0 Å². The Morgan fingerprint density at radius 3 is 0.769 bits per heavy atom. The molecule has 2 aromatic carbocycles. The van der Waals surface area contributed by atoms with Gasteiger partial charge in [-0.25, -0.2) is 0 Å². The van der Waals surface area contributed by atoms with Crippen LogP contribution in [0.25, 0.3) is 11.1 Å². The Balaban J connectivity index is 1.86. The van der Waals surface area contributed by atoms with Crippen molar-refractivity contribution in [1.29, 1.82) is 0 Å². The van der Waals surface area contributed by atoms with Gasteiger partial charge < -0.3 is 18.9 Å². The number of ether oxygens (including phenoxy) is 4. The number of carbonyl (C=O) groups excluding carboxylic acids is 2. The van der Waals surface area contributed by atoms with E-state index >= 15 is 0 Å². The molecule has 0 aliphatic heterocycles. The van der Waals surface area contributed by atoms with Crippen molar-refractivity contribution in [3.05, 3.63) is 35.4 Å². The fourth-order valence-corrected chi connectivity index (χ4v) is 6.90. The molecule has 2 aromatic rings. The number of hydrogen-bond donors (Lipinski definition) is 0. The predicted octanol–water partition coefficient (Wildman–Crippen LogP) is 13.7. The van der Waals surface area contributed by atoms with Gasteiger partial charge in [-0.1, -0.05) is 156 Å². The molecule has 0 heterocycles.